The third-order valence-electron chi connectivity index (χ3n) is 2.98. The van der Waals surface area contributed by atoms with E-state index in [1.807, 2.05) is 6.07 Å². The molecule has 0 radical (unpaired) electrons. The zero-order valence-electron chi connectivity index (χ0n) is 11.8. The first-order chi connectivity index (χ1) is 9.93. The Balaban J connectivity index is 2.37. The predicted molar refractivity (Wildman–Crippen MR) is 83.5 cm³/mol. The molecule has 0 unspecified atom stereocenters. The summed E-state index contributed by atoms with van der Waals surface area (Å²) in [5, 5.41) is 5.58. The minimum Gasteiger partial charge on any atom is -0.387 e. The molecule has 2 aromatic carbocycles. The van der Waals surface area contributed by atoms with Crippen LogP contribution in [0, 0.1) is 0 Å². The molecule has 2 N–H and O–H groups in total. The van der Waals surface area contributed by atoms with Crippen LogP contribution in [0.15, 0.2) is 53.4 Å². The second kappa shape index (κ2) is 5.97. The summed E-state index contributed by atoms with van der Waals surface area (Å²) in [5.41, 5.74) is 1.39. The summed E-state index contributed by atoms with van der Waals surface area (Å²) in [6, 6.07) is 13.3. The molecular weight excluding hydrogens is 288 g/mol. The molecular formula is C15H16N2O3S. The van der Waals surface area contributed by atoms with Crippen molar-refractivity contribution in [3.8, 4) is 0 Å². The van der Waals surface area contributed by atoms with Crippen molar-refractivity contribution in [2.75, 3.05) is 23.9 Å². The lowest BCUT2D eigenvalue weighted by atomic mass is 10.1. The average Bonchev–Trinajstić information content (AvgIpc) is 2.46. The van der Waals surface area contributed by atoms with Gasteiger partial charge in [-0.15, -0.1) is 0 Å². The Labute approximate surface area is 123 Å². The zero-order chi connectivity index (χ0) is 15.5. The van der Waals surface area contributed by atoms with Gasteiger partial charge in [0, 0.05) is 19.0 Å². The van der Waals surface area contributed by atoms with Crippen LogP contribution < -0.4 is 10.6 Å². The SMILES string of the molecule is CNc1ccccc1C(=O)Nc1ccccc1S(C)(=O)=O. The van der Waals surface area contributed by atoms with E-state index in [4.69, 9.17) is 0 Å². The number of hydrogen-bond acceptors (Lipinski definition) is 4. The molecule has 1 amide bonds. The fraction of sp³-hybridized carbons (Fsp3) is 0.133. The first-order valence-electron chi connectivity index (χ1n) is 6.30. The highest BCUT2D eigenvalue weighted by Crippen LogP contribution is 2.22. The first kappa shape index (κ1) is 15.1. The van der Waals surface area contributed by atoms with Gasteiger partial charge in [-0.1, -0.05) is 24.3 Å². The normalized spacial score (nSPS) is 11.0. The number of hydrogen-bond donors (Lipinski definition) is 2. The van der Waals surface area contributed by atoms with E-state index in [9.17, 15) is 13.2 Å². The Morgan fingerprint density at radius 3 is 2.14 bits per heavy atom. The van der Waals surface area contributed by atoms with Gasteiger partial charge >= 0.3 is 0 Å². The molecule has 0 spiro atoms. The topological polar surface area (TPSA) is 75.3 Å². The maximum atomic E-state index is 12.3. The van der Waals surface area contributed by atoms with Crippen LogP contribution in [0.3, 0.4) is 0 Å². The lowest BCUT2D eigenvalue weighted by molar-refractivity contribution is 0.102. The van der Waals surface area contributed by atoms with E-state index in [1.165, 1.54) is 6.07 Å². The number of para-hydroxylation sites is 2. The molecule has 0 saturated heterocycles. The van der Waals surface area contributed by atoms with Crippen molar-refractivity contribution in [3.63, 3.8) is 0 Å². The molecule has 0 aliphatic rings. The van der Waals surface area contributed by atoms with Crippen molar-refractivity contribution in [2.45, 2.75) is 4.90 Å². The lowest BCUT2D eigenvalue weighted by Crippen LogP contribution is -2.16. The van der Waals surface area contributed by atoms with E-state index in [1.54, 1.807) is 43.4 Å². The van der Waals surface area contributed by atoms with Crippen LogP contribution in [0.5, 0.6) is 0 Å². The van der Waals surface area contributed by atoms with Crippen LogP contribution in [0.1, 0.15) is 10.4 Å². The summed E-state index contributed by atoms with van der Waals surface area (Å²) in [6.45, 7) is 0. The molecule has 0 aliphatic carbocycles. The van der Waals surface area contributed by atoms with Gasteiger partial charge in [0.25, 0.3) is 5.91 Å². The third kappa shape index (κ3) is 3.41. The highest BCUT2D eigenvalue weighted by Gasteiger charge is 2.16. The molecule has 5 nitrogen and oxygen atoms in total. The standard InChI is InChI=1S/C15H16N2O3S/c1-16-12-8-4-3-7-11(12)15(18)17-13-9-5-6-10-14(13)21(2,19)20/h3-10,16H,1-2H3,(H,17,18). The van der Waals surface area contributed by atoms with Gasteiger partial charge in [-0.3, -0.25) is 4.79 Å². The zero-order valence-corrected chi connectivity index (χ0v) is 12.6. The van der Waals surface area contributed by atoms with Gasteiger partial charge in [-0.05, 0) is 24.3 Å². The summed E-state index contributed by atoms with van der Waals surface area (Å²) in [5.74, 6) is -0.365. The maximum absolute atomic E-state index is 12.3. The summed E-state index contributed by atoms with van der Waals surface area (Å²) >= 11 is 0. The van der Waals surface area contributed by atoms with E-state index in [0.29, 0.717) is 11.3 Å². The van der Waals surface area contributed by atoms with Gasteiger partial charge in [-0.2, -0.15) is 0 Å². The minimum atomic E-state index is -3.41. The largest absolute Gasteiger partial charge is 0.387 e. The third-order valence-corrected chi connectivity index (χ3v) is 4.13. The number of rotatable bonds is 4. The summed E-state index contributed by atoms with van der Waals surface area (Å²) in [4.78, 5) is 12.4. The Hall–Kier alpha value is -2.34. The lowest BCUT2D eigenvalue weighted by Gasteiger charge is -2.12. The van der Waals surface area contributed by atoms with Crippen LogP contribution >= 0.6 is 0 Å². The Morgan fingerprint density at radius 2 is 1.52 bits per heavy atom. The molecule has 0 bridgehead atoms. The van der Waals surface area contributed by atoms with E-state index in [2.05, 4.69) is 10.6 Å². The number of carbonyl (C=O) groups excluding carboxylic acids is 1. The first-order valence-corrected chi connectivity index (χ1v) is 8.20. The molecule has 0 heterocycles. The van der Waals surface area contributed by atoms with Gasteiger partial charge in [0.1, 0.15) is 0 Å². The van der Waals surface area contributed by atoms with Crippen LogP contribution in [-0.2, 0) is 9.84 Å². The van der Waals surface area contributed by atoms with Gasteiger partial charge in [0.05, 0.1) is 16.1 Å². The van der Waals surface area contributed by atoms with Crippen LogP contribution in [0.25, 0.3) is 0 Å². The molecule has 0 aliphatic heterocycles. The van der Waals surface area contributed by atoms with Crippen molar-refractivity contribution >= 4 is 27.1 Å². The Kier molecular flexibility index (Phi) is 4.28. The quantitative estimate of drug-likeness (QED) is 0.909. The predicted octanol–water partition coefficient (Wildman–Crippen LogP) is 2.38. The van der Waals surface area contributed by atoms with E-state index >= 15 is 0 Å². The monoisotopic (exact) mass is 304 g/mol. The van der Waals surface area contributed by atoms with Crippen molar-refractivity contribution in [2.24, 2.45) is 0 Å². The number of anilines is 2. The van der Waals surface area contributed by atoms with Crippen LogP contribution in [0.2, 0.25) is 0 Å². The number of carbonyl (C=O) groups is 1. The fourth-order valence-corrected chi connectivity index (χ4v) is 2.83. The summed E-state index contributed by atoms with van der Waals surface area (Å²) in [6.07, 6.45) is 1.11. The molecule has 110 valence electrons. The Bertz CT molecular complexity index is 770. The van der Waals surface area contributed by atoms with Crippen molar-refractivity contribution in [3.05, 3.63) is 54.1 Å². The van der Waals surface area contributed by atoms with E-state index in [0.717, 1.165) is 6.26 Å². The van der Waals surface area contributed by atoms with Crippen molar-refractivity contribution in [1.29, 1.82) is 0 Å². The van der Waals surface area contributed by atoms with Crippen LogP contribution in [0.4, 0.5) is 11.4 Å². The smallest absolute Gasteiger partial charge is 0.257 e. The van der Waals surface area contributed by atoms with Gasteiger partial charge in [0.2, 0.25) is 0 Å². The van der Waals surface area contributed by atoms with Gasteiger partial charge < -0.3 is 10.6 Å². The number of benzene rings is 2. The van der Waals surface area contributed by atoms with E-state index in [-0.39, 0.29) is 16.5 Å². The average molecular weight is 304 g/mol. The molecule has 6 heteroatoms. The second-order valence-electron chi connectivity index (χ2n) is 4.52. The highest BCUT2D eigenvalue weighted by molar-refractivity contribution is 7.90. The number of amides is 1. The summed E-state index contributed by atoms with van der Waals surface area (Å²) < 4.78 is 23.5. The molecule has 2 aromatic rings. The molecule has 0 saturated carbocycles. The van der Waals surface area contributed by atoms with Crippen LogP contribution in [-0.4, -0.2) is 27.6 Å². The number of sulfone groups is 1. The van der Waals surface area contributed by atoms with E-state index < -0.39 is 9.84 Å². The summed E-state index contributed by atoms with van der Waals surface area (Å²) in [7, 11) is -1.69. The highest BCUT2D eigenvalue weighted by atomic mass is 32.2. The molecule has 0 atom stereocenters. The maximum Gasteiger partial charge on any atom is 0.257 e. The second-order valence-corrected chi connectivity index (χ2v) is 6.50. The molecule has 2 rings (SSSR count). The fourth-order valence-electron chi connectivity index (χ4n) is 1.98. The number of nitrogens with one attached hydrogen (secondary N) is 2. The van der Waals surface area contributed by atoms with Crippen molar-refractivity contribution < 1.29 is 13.2 Å². The van der Waals surface area contributed by atoms with Gasteiger partial charge in [-0.25, -0.2) is 8.42 Å². The molecule has 21 heavy (non-hydrogen) atoms. The minimum absolute atomic E-state index is 0.0975. The van der Waals surface area contributed by atoms with Gasteiger partial charge in [0.15, 0.2) is 9.84 Å². The molecule has 0 aromatic heterocycles. The molecule has 0 fully saturated rings. The van der Waals surface area contributed by atoms with Crippen molar-refractivity contribution in [1.82, 2.24) is 0 Å². The Morgan fingerprint density at radius 1 is 0.952 bits per heavy atom.